The third-order valence-electron chi connectivity index (χ3n) is 2.39. The highest BCUT2D eigenvalue weighted by atomic mass is 35.5. The van der Waals surface area contributed by atoms with Crippen LogP contribution in [0.25, 0.3) is 0 Å². The Morgan fingerprint density at radius 3 is 2.53 bits per heavy atom. The fourth-order valence-corrected chi connectivity index (χ4v) is 2.98. The second-order valence-electron chi connectivity index (χ2n) is 3.49. The molecular weight excluding hydrogens is 269 g/mol. The van der Waals surface area contributed by atoms with Gasteiger partial charge in [-0.15, -0.1) is 12.4 Å². The van der Waals surface area contributed by atoms with Crippen LogP contribution in [-0.2, 0) is 10.0 Å². The monoisotopic (exact) mass is 281 g/mol. The summed E-state index contributed by atoms with van der Waals surface area (Å²) in [7, 11) is -3.59. The van der Waals surface area contributed by atoms with Crippen LogP contribution in [0.15, 0.2) is 23.4 Å². The molecule has 1 aromatic rings. The highest BCUT2D eigenvalue weighted by molar-refractivity contribution is 7.89. The average molecular weight is 282 g/mol. The van der Waals surface area contributed by atoms with Crippen LogP contribution in [0.1, 0.15) is 0 Å². The van der Waals surface area contributed by atoms with Crippen molar-refractivity contribution < 1.29 is 12.8 Å². The molecule has 0 atom stereocenters. The maximum Gasteiger partial charge on any atom is 0.244 e. The SMILES string of the molecule is Cl.O=S(=O)(c1cncc(F)c1)N1CCNCC1. The lowest BCUT2D eigenvalue weighted by atomic mass is 10.4. The molecule has 0 amide bonds. The summed E-state index contributed by atoms with van der Waals surface area (Å²) in [5, 5.41) is 3.05. The standard InChI is InChI=1S/C9H12FN3O2S.ClH/c10-8-5-9(7-12-6-8)16(14,15)13-3-1-11-2-4-13;/h5-7,11H,1-4H2;1H. The number of hydrogen-bond donors (Lipinski definition) is 1. The fourth-order valence-electron chi connectivity index (χ4n) is 1.57. The van der Waals surface area contributed by atoms with E-state index in [1.54, 1.807) is 0 Å². The zero-order valence-electron chi connectivity index (χ0n) is 8.97. The van der Waals surface area contributed by atoms with Crippen LogP contribution >= 0.6 is 12.4 Å². The van der Waals surface area contributed by atoms with E-state index in [1.807, 2.05) is 0 Å². The van der Waals surface area contributed by atoms with E-state index in [2.05, 4.69) is 10.3 Å². The van der Waals surface area contributed by atoms with Crippen molar-refractivity contribution in [1.82, 2.24) is 14.6 Å². The summed E-state index contributed by atoms with van der Waals surface area (Å²) in [6.07, 6.45) is 2.15. The number of aromatic nitrogens is 1. The van der Waals surface area contributed by atoms with Crippen molar-refractivity contribution >= 4 is 22.4 Å². The van der Waals surface area contributed by atoms with E-state index < -0.39 is 15.8 Å². The second kappa shape index (κ2) is 5.72. The van der Waals surface area contributed by atoms with Crippen LogP contribution in [-0.4, -0.2) is 43.9 Å². The van der Waals surface area contributed by atoms with Crippen LogP contribution < -0.4 is 5.32 Å². The Balaban J connectivity index is 0.00000144. The molecule has 0 unspecified atom stereocenters. The molecule has 5 nitrogen and oxygen atoms in total. The van der Waals surface area contributed by atoms with E-state index in [0.29, 0.717) is 26.2 Å². The lowest BCUT2D eigenvalue weighted by Crippen LogP contribution is -2.46. The molecule has 0 spiro atoms. The lowest BCUT2D eigenvalue weighted by Gasteiger charge is -2.26. The van der Waals surface area contributed by atoms with Crippen molar-refractivity contribution in [2.45, 2.75) is 4.90 Å². The summed E-state index contributed by atoms with van der Waals surface area (Å²) in [6, 6.07) is 0.990. The van der Waals surface area contributed by atoms with Gasteiger partial charge in [-0.1, -0.05) is 0 Å². The number of halogens is 2. The number of hydrogen-bond acceptors (Lipinski definition) is 4. The molecule has 96 valence electrons. The first-order chi connectivity index (χ1) is 7.60. The normalized spacial score (nSPS) is 17.5. The van der Waals surface area contributed by atoms with Gasteiger partial charge in [-0.05, 0) is 6.07 Å². The van der Waals surface area contributed by atoms with Crippen LogP contribution in [0.5, 0.6) is 0 Å². The quantitative estimate of drug-likeness (QED) is 0.843. The molecule has 0 saturated carbocycles. The first-order valence-corrected chi connectivity index (χ1v) is 6.36. The lowest BCUT2D eigenvalue weighted by molar-refractivity contribution is 0.360. The summed E-state index contributed by atoms with van der Waals surface area (Å²) in [5.41, 5.74) is 0. The van der Waals surface area contributed by atoms with E-state index in [-0.39, 0.29) is 17.3 Å². The van der Waals surface area contributed by atoms with Gasteiger partial charge < -0.3 is 5.32 Å². The minimum absolute atomic E-state index is 0. The molecule has 2 rings (SSSR count). The summed E-state index contributed by atoms with van der Waals surface area (Å²) in [6.45, 7) is 2.03. The molecule has 1 N–H and O–H groups in total. The number of piperazine rings is 1. The molecule has 1 aliphatic heterocycles. The Morgan fingerprint density at radius 2 is 1.94 bits per heavy atom. The summed E-state index contributed by atoms with van der Waals surface area (Å²) in [4.78, 5) is 3.46. The Labute approximate surface area is 105 Å². The Kier molecular flexibility index (Phi) is 4.81. The number of sulfonamides is 1. The van der Waals surface area contributed by atoms with Crippen molar-refractivity contribution in [3.8, 4) is 0 Å². The zero-order chi connectivity index (χ0) is 11.6. The molecule has 0 aliphatic carbocycles. The minimum Gasteiger partial charge on any atom is -0.314 e. The Bertz CT molecular complexity index is 477. The second-order valence-corrected chi connectivity index (χ2v) is 5.43. The van der Waals surface area contributed by atoms with Crippen molar-refractivity contribution in [2.75, 3.05) is 26.2 Å². The first-order valence-electron chi connectivity index (χ1n) is 4.92. The largest absolute Gasteiger partial charge is 0.314 e. The molecule has 1 aromatic heterocycles. The smallest absolute Gasteiger partial charge is 0.244 e. The van der Waals surface area contributed by atoms with Crippen LogP contribution in [0.3, 0.4) is 0 Å². The number of nitrogens with zero attached hydrogens (tertiary/aromatic N) is 2. The molecule has 2 heterocycles. The highest BCUT2D eigenvalue weighted by Crippen LogP contribution is 2.15. The van der Waals surface area contributed by atoms with Crippen molar-refractivity contribution in [3.05, 3.63) is 24.3 Å². The number of nitrogens with one attached hydrogen (secondary N) is 1. The van der Waals surface area contributed by atoms with Crippen molar-refractivity contribution in [1.29, 1.82) is 0 Å². The highest BCUT2D eigenvalue weighted by Gasteiger charge is 2.26. The van der Waals surface area contributed by atoms with E-state index in [1.165, 1.54) is 10.5 Å². The first kappa shape index (κ1) is 14.3. The van der Waals surface area contributed by atoms with Gasteiger partial charge in [0.1, 0.15) is 10.7 Å². The fraction of sp³-hybridized carbons (Fsp3) is 0.444. The third kappa shape index (κ3) is 3.12. The van der Waals surface area contributed by atoms with Crippen molar-refractivity contribution in [2.24, 2.45) is 0 Å². The topological polar surface area (TPSA) is 62.3 Å². The van der Waals surface area contributed by atoms with Gasteiger partial charge in [0.15, 0.2) is 0 Å². The molecular formula is C9H13ClFN3O2S. The van der Waals surface area contributed by atoms with Gasteiger partial charge in [-0.2, -0.15) is 4.31 Å². The van der Waals surface area contributed by atoms with E-state index in [4.69, 9.17) is 0 Å². The van der Waals surface area contributed by atoms with Gasteiger partial charge in [-0.25, -0.2) is 12.8 Å². The van der Waals surface area contributed by atoms with E-state index >= 15 is 0 Å². The third-order valence-corrected chi connectivity index (χ3v) is 4.26. The number of pyridine rings is 1. The van der Waals surface area contributed by atoms with Crippen molar-refractivity contribution in [3.63, 3.8) is 0 Å². The number of rotatable bonds is 2. The molecule has 8 heteroatoms. The molecule has 1 saturated heterocycles. The zero-order valence-corrected chi connectivity index (χ0v) is 10.6. The van der Waals surface area contributed by atoms with Gasteiger partial charge >= 0.3 is 0 Å². The van der Waals surface area contributed by atoms with Gasteiger partial charge in [0.2, 0.25) is 10.0 Å². The Hall–Kier alpha value is -0.760. The Morgan fingerprint density at radius 1 is 1.29 bits per heavy atom. The summed E-state index contributed by atoms with van der Waals surface area (Å²) < 4.78 is 38.3. The molecule has 0 bridgehead atoms. The van der Waals surface area contributed by atoms with Gasteiger partial charge in [-0.3, -0.25) is 4.98 Å². The van der Waals surface area contributed by atoms with Crippen LogP contribution in [0.2, 0.25) is 0 Å². The summed E-state index contributed by atoms with van der Waals surface area (Å²) in [5.74, 6) is -0.642. The van der Waals surface area contributed by atoms with Gasteiger partial charge in [0.05, 0.1) is 6.20 Å². The van der Waals surface area contributed by atoms with E-state index in [9.17, 15) is 12.8 Å². The van der Waals surface area contributed by atoms with Crippen LogP contribution in [0.4, 0.5) is 4.39 Å². The maximum atomic E-state index is 12.9. The predicted octanol–water partition coefficient (Wildman–Crippen LogP) is 0.236. The molecule has 1 fully saturated rings. The van der Waals surface area contributed by atoms with Crippen LogP contribution in [0, 0.1) is 5.82 Å². The van der Waals surface area contributed by atoms with Gasteiger partial charge in [0, 0.05) is 32.4 Å². The molecule has 1 aliphatic rings. The molecule has 17 heavy (non-hydrogen) atoms. The molecule has 0 aromatic carbocycles. The predicted molar refractivity (Wildman–Crippen MR) is 63.1 cm³/mol. The van der Waals surface area contributed by atoms with E-state index in [0.717, 1.165) is 12.3 Å². The van der Waals surface area contributed by atoms with Gasteiger partial charge in [0.25, 0.3) is 0 Å². The average Bonchev–Trinajstić information content (AvgIpc) is 2.30. The molecule has 0 radical (unpaired) electrons. The maximum absolute atomic E-state index is 12.9. The minimum atomic E-state index is -3.59. The summed E-state index contributed by atoms with van der Waals surface area (Å²) >= 11 is 0.